The predicted molar refractivity (Wildman–Crippen MR) is 77.2 cm³/mol. The van der Waals surface area contributed by atoms with Gasteiger partial charge in [-0.2, -0.15) is 0 Å². The minimum atomic E-state index is -3.87. The summed E-state index contributed by atoms with van der Waals surface area (Å²) in [7, 11) is -2.49. The number of sulfonamides is 1. The first-order valence-electron chi connectivity index (χ1n) is 5.93. The van der Waals surface area contributed by atoms with Gasteiger partial charge < -0.3 is 9.84 Å². The largest absolute Gasteiger partial charge is 0.495 e. The van der Waals surface area contributed by atoms with Crippen molar-refractivity contribution in [3.63, 3.8) is 0 Å². The first kappa shape index (κ1) is 14.9. The van der Waals surface area contributed by atoms with Gasteiger partial charge in [-0.15, -0.1) is 0 Å². The van der Waals surface area contributed by atoms with Crippen LogP contribution in [-0.2, 0) is 10.0 Å². The van der Waals surface area contributed by atoms with Gasteiger partial charge in [0.2, 0.25) is 0 Å². The van der Waals surface area contributed by atoms with Crippen LogP contribution in [-0.4, -0.2) is 26.6 Å². The molecule has 0 atom stereocenters. The number of rotatable bonds is 5. The molecule has 0 aliphatic rings. The minimum Gasteiger partial charge on any atom is -0.495 e. The fourth-order valence-corrected chi connectivity index (χ4v) is 2.99. The highest BCUT2D eigenvalue weighted by Gasteiger charge is 2.19. The minimum absolute atomic E-state index is 0.00442. The molecule has 0 aliphatic heterocycles. The number of hydrogen-bond donors (Lipinski definition) is 2. The van der Waals surface area contributed by atoms with Crippen LogP contribution in [0.25, 0.3) is 0 Å². The summed E-state index contributed by atoms with van der Waals surface area (Å²) in [5, 5.41) is 8.91. The summed E-state index contributed by atoms with van der Waals surface area (Å²) in [4.78, 5) is 10.9. The van der Waals surface area contributed by atoms with E-state index in [9.17, 15) is 13.2 Å². The molecule has 0 amide bonds. The van der Waals surface area contributed by atoms with E-state index in [0.717, 1.165) is 0 Å². The summed E-state index contributed by atoms with van der Waals surface area (Å²) in [6, 6.07) is 11.7. The van der Waals surface area contributed by atoms with E-state index in [2.05, 4.69) is 4.72 Å². The van der Waals surface area contributed by atoms with Crippen molar-refractivity contribution < 1.29 is 23.1 Å². The molecule has 110 valence electrons. The Morgan fingerprint density at radius 2 is 1.86 bits per heavy atom. The van der Waals surface area contributed by atoms with E-state index in [1.807, 2.05) is 0 Å². The molecule has 0 saturated carbocycles. The first-order chi connectivity index (χ1) is 9.94. The molecule has 2 aromatic carbocycles. The summed E-state index contributed by atoms with van der Waals surface area (Å²) >= 11 is 0. The van der Waals surface area contributed by atoms with Crippen LogP contribution >= 0.6 is 0 Å². The molecule has 21 heavy (non-hydrogen) atoms. The van der Waals surface area contributed by atoms with Crippen molar-refractivity contribution in [2.45, 2.75) is 4.90 Å². The van der Waals surface area contributed by atoms with Crippen molar-refractivity contribution >= 4 is 21.7 Å². The second kappa shape index (κ2) is 5.84. The summed E-state index contributed by atoms with van der Waals surface area (Å²) in [6.07, 6.45) is 0. The number of para-hydroxylation sites is 1. The van der Waals surface area contributed by atoms with Gasteiger partial charge in [-0.1, -0.05) is 18.2 Å². The Balaban J connectivity index is 2.38. The lowest BCUT2D eigenvalue weighted by molar-refractivity contribution is 0.0697. The predicted octanol–water partition coefficient (Wildman–Crippen LogP) is 2.19. The van der Waals surface area contributed by atoms with Crippen LogP contribution in [0.4, 0.5) is 5.69 Å². The van der Waals surface area contributed by atoms with Crippen molar-refractivity contribution in [3.8, 4) is 5.75 Å². The van der Waals surface area contributed by atoms with E-state index in [4.69, 9.17) is 9.84 Å². The third-order valence-corrected chi connectivity index (χ3v) is 4.14. The average Bonchev–Trinajstić information content (AvgIpc) is 2.47. The van der Waals surface area contributed by atoms with Gasteiger partial charge in [0, 0.05) is 5.69 Å². The maximum absolute atomic E-state index is 12.3. The number of nitrogens with one attached hydrogen (secondary N) is 1. The van der Waals surface area contributed by atoms with Gasteiger partial charge in [0.1, 0.15) is 10.6 Å². The molecule has 0 spiro atoms. The van der Waals surface area contributed by atoms with Crippen molar-refractivity contribution in [2.75, 3.05) is 11.8 Å². The Labute approximate surface area is 122 Å². The third-order valence-electron chi connectivity index (χ3n) is 2.72. The second-order valence-corrected chi connectivity index (χ2v) is 5.79. The van der Waals surface area contributed by atoms with Crippen LogP contribution in [0.5, 0.6) is 5.75 Å². The van der Waals surface area contributed by atoms with Gasteiger partial charge in [-0.25, -0.2) is 13.2 Å². The molecule has 2 aromatic rings. The topological polar surface area (TPSA) is 92.7 Å². The second-order valence-electron chi connectivity index (χ2n) is 4.14. The number of carboxylic acid groups (broad SMARTS) is 1. The van der Waals surface area contributed by atoms with Gasteiger partial charge in [-0.3, -0.25) is 4.72 Å². The fourth-order valence-electron chi connectivity index (χ4n) is 1.77. The highest BCUT2D eigenvalue weighted by atomic mass is 32.2. The number of ether oxygens (including phenoxy) is 1. The number of benzene rings is 2. The molecule has 7 heteroatoms. The molecule has 2 rings (SSSR count). The Bertz CT molecular complexity index is 770. The molecule has 0 heterocycles. The number of methoxy groups -OCH3 is 1. The number of aromatic carboxylic acids is 1. The van der Waals surface area contributed by atoms with Crippen molar-refractivity contribution in [1.82, 2.24) is 0 Å². The van der Waals surface area contributed by atoms with Crippen molar-refractivity contribution in [1.29, 1.82) is 0 Å². The van der Waals surface area contributed by atoms with E-state index in [1.54, 1.807) is 12.1 Å². The lowest BCUT2D eigenvalue weighted by Crippen LogP contribution is -2.14. The summed E-state index contributed by atoms with van der Waals surface area (Å²) < 4.78 is 32.0. The normalized spacial score (nSPS) is 10.9. The smallest absolute Gasteiger partial charge is 0.335 e. The SMILES string of the molecule is COc1ccccc1S(=O)(=O)Nc1cccc(C(=O)O)c1. The molecule has 0 radical (unpaired) electrons. The molecule has 0 fully saturated rings. The average molecular weight is 307 g/mol. The molecular formula is C14H13NO5S. The Morgan fingerprint density at radius 3 is 2.52 bits per heavy atom. The molecule has 0 aromatic heterocycles. The van der Waals surface area contributed by atoms with Gasteiger partial charge in [0.15, 0.2) is 0 Å². The number of carboxylic acids is 1. The molecule has 0 bridgehead atoms. The molecule has 6 nitrogen and oxygen atoms in total. The van der Waals surface area contributed by atoms with Crippen molar-refractivity contribution in [3.05, 3.63) is 54.1 Å². The van der Waals surface area contributed by atoms with Gasteiger partial charge in [0.05, 0.1) is 12.7 Å². The zero-order valence-electron chi connectivity index (χ0n) is 11.1. The van der Waals surface area contributed by atoms with E-state index in [0.29, 0.717) is 0 Å². The zero-order chi connectivity index (χ0) is 15.5. The van der Waals surface area contributed by atoms with Crippen LogP contribution < -0.4 is 9.46 Å². The van der Waals surface area contributed by atoms with E-state index >= 15 is 0 Å². The maximum Gasteiger partial charge on any atom is 0.335 e. The summed E-state index contributed by atoms with van der Waals surface area (Å²) in [5.41, 5.74) is 0.163. The standard InChI is InChI=1S/C14H13NO5S/c1-20-12-7-2-3-8-13(12)21(18,19)15-11-6-4-5-10(9-11)14(16)17/h2-9,15H,1H3,(H,16,17). The van der Waals surface area contributed by atoms with Gasteiger partial charge in [-0.05, 0) is 30.3 Å². The highest BCUT2D eigenvalue weighted by molar-refractivity contribution is 7.92. The molecular weight excluding hydrogens is 294 g/mol. The monoisotopic (exact) mass is 307 g/mol. The third kappa shape index (κ3) is 3.32. The zero-order valence-corrected chi connectivity index (χ0v) is 11.9. The summed E-state index contributed by atoms with van der Waals surface area (Å²) in [5.74, 6) is -0.923. The van der Waals surface area contributed by atoms with Crippen LogP contribution in [0.2, 0.25) is 0 Å². The van der Waals surface area contributed by atoms with Crippen LogP contribution in [0.1, 0.15) is 10.4 Å². The maximum atomic E-state index is 12.3. The lowest BCUT2D eigenvalue weighted by atomic mass is 10.2. The Kier molecular flexibility index (Phi) is 4.13. The van der Waals surface area contributed by atoms with Crippen LogP contribution in [0.3, 0.4) is 0 Å². The fraction of sp³-hybridized carbons (Fsp3) is 0.0714. The molecule has 0 saturated heterocycles. The van der Waals surface area contributed by atoms with Crippen LogP contribution in [0, 0.1) is 0 Å². The van der Waals surface area contributed by atoms with Gasteiger partial charge >= 0.3 is 5.97 Å². The Hall–Kier alpha value is -2.54. The number of anilines is 1. The van der Waals surface area contributed by atoms with E-state index in [-0.39, 0.29) is 21.9 Å². The number of hydrogen-bond acceptors (Lipinski definition) is 4. The van der Waals surface area contributed by atoms with Crippen LogP contribution in [0.15, 0.2) is 53.4 Å². The number of carbonyl (C=O) groups is 1. The highest BCUT2D eigenvalue weighted by Crippen LogP contribution is 2.25. The lowest BCUT2D eigenvalue weighted by Gasteiger charge is -2.11. The molecule has 0 aliphatic carbocycles. The summed E-state index contributed by atoms with van der Waals surface area (Å²) in [6.45, 7) is 0. The van der Waals surface area contributed by atoms with Crippen molar-refractivity contribution in [2.24, 2.45) is 0 Å². The quantitative estimate of drug-likeness (QED) is 0.883. The van der Waals surface area contributed by atoms with Gasteiger partial charge in [0.25, 0.3) is 10.0 Å². The molecule has 2 N–H and O–H groups in total. The Morgan fingerprint density at radius 1 is 1.14 bits per heavy atom. The molecule has 0 unspecified atom stereocenters. The first-order valence-corrected chi connectivity index (χ1v) is 7.41. The van der Waals surface area contributed by atoms with E-state index < -0.39 is 16.0 Å². The van der Waals surface area contributed by atoms with E-state index in [1.165, 1.54) is 43.5 Å².